The van der Waals surface area contributed by atoms with Crippen molar-refractivity contribution in [1.82, 2.24) is 14.6 Å². The topological polar surface area (TPSA) is 30.2 Å². The van der Waals surface area contributed by atoms with Crippen molar-refractivity contribution < 1.29 is 8.78 Å². The number of pyridine rings is 1. The minimum atomic E-state index is -2.52. The molecule has 1 unspecified atom stereocenters. The van der Waals surface area contributed by atoms with Crippen LogP contribution in [0.3, 0.4) is 0 Å². The van der Waals surface area contributed by atoms with E-state index >= 15 is 0 Å². The molecule has 1 aliphatic carbocycles. The first-order valence-corrected chi connectivity index (χ1v) is 5.31. The smallest absolute Gasteiger partial charge is 0.252 e. The van der Waals surface area contributed by atoms with Crippen molar-refractivity contribution >= 4 is 17.2 Å². The maximum Gasteiger partial charge on any atom is 0.252 e. The summed E-state index contributed by atoms with van der Waals surface area (Å²) in [6.45, 7) is 0. The van der Waals surface area contributed by atoms with E-state index in [0.717, 1.165) is 0 Å². The van der Waals surface area contributed by atoms with Gasteiger partial charge in [-0.05, 0) is 6.07 Å². The molecule has 16 heavy (non-hydrogen) atoms. The Morgan fingerprint density at radius 1 is 1.50 bits per heavy atom. The average Bonchev–Trinajstić information content (AvgIpc) is 2.65. The van der Waals surface area contributed by atoms with Crippen molar-refractivity contribution in [3.8, 4) is 0 Å². The lowest BCUT2D eigenvalue weighted by molar-refractivity contribution is 0.0984. The van der Waals surface area contributed by atoms with E-state index in [0.29, 0.717) is 16.5 Å². The zero-order chi connectivity index (χ0) is 11.3. The second-order valence-electron chi connectivity index (χ2n) is 4.06. The van der Waals surface area contributed by atoms with Gasteiger partial charge in [-0.3, -0.25) is 4.40 Å². The van der Waals surface area contributed by atoms with Gasteiger partial charge in [0, 0.05) is 36.0 Å². The van der Waals surface area contributed by atoms with Crippen LogP contribution in [0, 0.1) is 5.92 Å². The maximum atomic E-state index is 12.8. The first-order valence-electron chi connectivity index (χ1n) is 4.93. The molecule has 84 valence electrons. The molecule has 3 rings (SSSR count). The first kappa shape index (κ1) is 9.96. The van der Waals surface area contributed by atoms with Gasteiger partial charge in [0.1, 0.15) is 5.82 Å². The van der Waals surface area contributed by atoms with Gasteiger partial charge < -0.3 is 0 Å². The van der Waals surface area contributed by atoms with Crippen LogP contribution in [0.2, 0.25) is 5.02 Å². The molecular weight excluding hydrogens is 236 g/mol. The Hall–Kier alpha value is -1.23. The summed E-state index contributed by atoms with van der Waals surface area (Å²) in [5, 5.41) is 8.35. The predicted octanol–water partition coefficient (Wildman–Crippen LogP) is 2.58. The zero-order valence-corrected chi connectivity index (χ0v) is 8.96. The molecular formula is C10H8ClF2N3. The SMILES string of the molecule is FC1(F)CC1Cc1nnc2cc(Cl)ccn12. The molecule has 0 aliphatic heterocycles. The normalized spacial score (nSPS) is 22.6. The molecule has 0 spiro atoms. The second-order valence-corrected chi connectivity index (χ2v) is 4.49. The summed E-state index contributed by atoms with van der Waals surface area (Å²) in [7, 11) is 0. The third-order valence-corrected chi connectivity index (χ3v) is 3.06. The lowest BCUT2D eigenvalue weighted by atomic mass is 10.3. The molecule has 1 saturated carbocycles. The minimum Gasteiger partial charge on any atom is -0.286 e. The molecule has 6 heteroatoms. The summed E-state index contributed by atoms with van der Waals surface area (Å²) in [6, 6.07) is 3.34. The number of rotatable bonds is 2. The Morgan fingerprint density at radius 2 is 2.25 bits per heavy atom. The summed E-state index contributed by atoms with van der Waals surface area (Å²) in [5.41, 5.74) is 0.589. The number of halogens is 3. The number of alkyl halides is 2. The summed E-state index contributed by atoms with van der Waals surface area (Å²) in [4.78, 5) is 0. The number of aromatic nitrogens is 3. The summed E-state index contributed by atoms with van der Waals surface area (Å²) in [5.74, 6) is -2.54. The van der Waals surface area contributed by atoms with E-state index in [9.17, 15) is 8.78 Å². The molecule has 2 heterocycles. The highest BCUT2D eigenvalue weighted by Crippen LogP contribution is 2.50. The van der Waals surface area contributed by atoms with Crippen LogP contribution in [0.1, 0.15) is 12.2 Å². The predicted molar refractivity (Wildman–Crippen MR) is 54.8 cm³/mol. The standard InChI is InChI=1S/C10H8ClF2N3/c11-7-1-2-16-8(14-15-9(16)4-7)3-6-5-10(6,12)13/h1-2,4,6H,3,5H2. The molecule has 1 atom stereocenters. The van der Waals surface area contributed by atoms with Gasteiger partial charge in [-0.1, -0.05) is 11.6 Å². The van der Waals surface area contributed by atoms with Crippen molar-refractivity contribution in [2.75, 3.05) is 0 Å². The molecule has 0 radical (unpaired) electrons. The third kappa shape index (κ3) is 1.55. The van der Waals surface area contributed by atoms with Crippen molar-refractivity contribution in [3.05, 3.63) is 29.2 Å². The van der Waals surface area contributed by atoms with E-state index in [1.807, 2.05) is 0 Å². The number of fused-ring (bicyclic) bond motifs is 1. The van der Waals surface area contributed by atoms with Gasteiger partial charge in [-0.15, -0.1) is 10.2 Å². The lowest BCUT2D eigenvalue weighted by Crippen LogP contribution is -2.01. The summed E-state index contributed by atoms with van der Waals surface area (Å²) in [6.07, 6.45) is 1.92. The highest BCUT2D eigenvalue weighted by Gasteiger charge is 2.56. The first-order chi connectivity index (χ1) is 7.56. The number of nitrogens with zero attached hydrogens (tertiary/aromatic N) is 3. The van der Waals surface area contributed by atoms with E-state index < -0.39 is 11.8 Å². The molecule has 1 aliphatic rings. The maximum absolute atomic E-state index is 12.8. The van der Waals surface area contributed by atoms with E-state index in [1.54, 1.807) is 22.7 Å². The number of hydrogen-bond acceptors (Lipinski definition) is 2. The monoisotopic (exact) mass is 243 g/mol. The molecule has 2 aromatic rings. The average molecular weight is 244 g/mol. The van der Waals surface area contributed by atoms with Crippen LogP contribution in [0.15, 0.2) is 18.3 Å². The Bertz CT molecular complexity index is 552. The van der Waals surface area contributed by atoms with Crippen molar-refractivity contribution in [3.63, 3.8) is 0 Å². The molecule has 0 aromatic carbocycles. The Morgan fingerprint density at radius 3 is 2.94 bits per heavy atom. The lowest BCUT2D eigenvalue weighted by Gasteiger charge is -1.98. The van der Waals surface area contributed by atoms with Gasteiger partial charge in [-0.2, -0.15) is 0 Å². The fourth-order valence-corrected chi connectivity index (χ4v) is 1.92. The summed E-state index contributed by atoms with van der Waals surface area (Å²) >= 11 is 5.79. The van der Waals surface area contributed by atoms with E-state index in [2.05, 4.69) is 10.2 Å². The molecule has 0 amide bonds. The van der Waals surface area contributed by atoms with Gasteiger partial charge in [-0.25, -0.2) is 8.78 Å². The van der Waals surface area contributed by atoms with E-state index in [1.165, 1.54) is 0 Å². The van der Waals surface area contributed by atoms with Crippen LogP contribution in [-0.2, 0) is 6.42 Å². The van der Waals surface area contributed by atoms with Gasteiger partial charge in [0.2, 0.25) is 0 Å². The van der Waals surface area contributed by atoms with Crippen LogP contribution in [-0.4, -0.2) is 20.5 Å². The van der Waals surface area contributed by atoms with Gasteiger partial charge in [0.25, 0.3) is 5.92 Å². The summed E-state index contributed by atoms with van der Waals surface area (Å²) < 4.78 is 27.2. The molecule has 0 saturated heterocycles. The van der Waals surface area contributed by atoms with Gasteiger partial charge in [0.15, 0.2) is 5.65 Å². The highest BCUT2D eigenvalue weighted by molar-refractivity contribution is 6.30. The second kappa shape index (κ2) is 3.13. The highest BCUT2D eigenvalue weighted by atomic mass is 35.5. The fourth-order valence-electron chi connectivity index (χ4n) is 1.77. The fraction of sp³-hybridized carbons (Fsp3) is 0.400. The van der Waals surface area contributed by atoms with Crippen molar-refractivity contribution in [2.24, 2.45) is 5.92 Å². The largest absolute Gasteiger partial charge is 0.286 e. The quantitative estimate of drug-likeness (QED) is 0.812. The van der Waals surface area contributed by atoms with Crippen LogP contribution >= 0.6 is 11.6 Å². The van der Waals surface area contributed by atoms with E-state index in [4.69, 9.17) is 11.6 Å². The number of hydrogen-bond donors (Lipinski definition) is 0. The van der Waals surface area contributed by atoms with E-state index in [-0.39, 0.29) is 12.8 Å². The Labute approximate surface area is 95.0 Å². The van der Waals surface area contributed by atoms with Gasteiger partial charge in [0.05, 0.1) is 0 Å². The third-order valence-electron chi connectivity index (χ3n) is 2.83. The van der Waals surface area contributed by atoms with Crippen molar-refractivity contribution in [2.45, 2.75) is 18.8 Å². The van der Waals surface area contributed by atoms with Crippen LogP contribution in [0.4, 0.5) is 8.78 Å². The van der Waals surface area contributed by atoms with Crippen LogP contribution in [0.5, 0.6) is 0 Å². The molecule has 1 fully saturated rings. The molecule has 2 aromatic heterocycles. The zero-order valence-electron chi connectivity index (χ0n) is 8.20. The van der Waals surface area contributed by atoms with Crippen molar-refractivity contribution in [1.29, 1.82) is 0 Å². The van der Waals surface area contributed by atoms with Crippen LogP contribution in [0.25, 0.3) is 5.65 Å². The Balaban J connectivity index is 1.93. The minimum absolute atomic E-state index is 0.0461. The van der Waals surface area contributed by atoms with Gasteiger partial charge >= 0.3 is 0 Å². The molecule has 0 bridgehead atoms. The molecule has 3 nitrogen and oxygen atoms in total. The Kier molecular flexibility index (Phi) is 1.95. The van der Waals surface area contributed by atoms with Crippen LogP contribution < -0.4 is 0 Å². The molecule has 0 N–H and O–H groups in total.